The molecule has 5 nitrogen and oxygen atoms in total. The van der Waals surface area contributed by atoms with Gasteiger partial charge in [0.2, 0.25) is 16.9 Å². The Kier molecular flexibility index (Phi) is 7.32. The Bertz CT molecular complexity index is 908. The average molecular weight is 425 g/mol. The minimum atomic E-state index is -0.756. The Morgan fingerprint density at radius 3 is 2.23 bits per heavy atom. The van der Waals surface area contributed by atoms with Gasteiger partial charge >= 0.3 is 0 Å². The predicted molar refractivity (Wildman–Crippen MR) is 120 cm³/mol. The number of nitrogens with one attached hydrogen (secondary N) is 2. The Labute approximate surface area is 182 Å². The highest BCUT2D eigenvalue weighted by molar-refractivity contribution is 8.13. The van der Waals surface area contributed by atoms with Crippen molar-refractivity contribution < 1.29 is 14.4 Å². The van der Waals surface area contributed by atoms with Gasteiger partial charge in [-0.3, -0.25) is 14.4 Å². The maximum Gasteiger partial charge on any atom is 0.230 e. The van der Waals surface area contributed by atoms with Crippen molar-refractivity contribution in [3.63, 3.8) is 0 Å². The molecule has 1 atom stereocenters. The van der Waals surface area contributed by atoms with E-state index in [1.165, 1.54) is 13.3 Å². The Morgan fingerprint density at radius 2 is 1.57 bits per heavy atom. The standard InChI is InChI=1S/C24H28N2O3S/c1-17(27)25-21(18-11-5-3-6-12-18)22(28)30-20-14-8-7-13-19(20)26-23(29)24(2)15-9-4-10-16-24/h3,5-8,11-14,21H,4,9-10,15-16H2,1-2H3,(H,25,27)(H,26,29)/t21-/m1/s1. The molecule has 6 heteroatoms. The Hall–Kier alpha value is -2.60. The molecule has 0 saturated heterocycles. The van der Waals surface area contributed by atoms with Crippen LogP contribution in [0.2, 0.25) is 0 Å². The molecule has 158 valence electrons. The van der Waals surface area contributed by atoms with Crippen molar-refractivity contribution in [3.05, 3.63) is 60.2 Å². The van der Waals surface area contributed by atoms with E-state index in [2.05, 4.69) is 10.6 Å². The normalized spacial score (nSPS) is 16.3. The van der Waals surface area contributed by atoms with Gasteiger partial charge in [0.15, 0.2) is 0 Å². The summed E-state index contributed by atoms with van der Waals surface area (Å²) in [6.07, 6.45) is 5.06. The van der Waals surface area contributed by atoms with Crippen LogP contribution in [0.15, 0.2) is 59.5 Å². The molecule has 1 fully saturated rings. The molecular formula is C24H28N2O3S. The van der Waals surface area contributed by atoms with Gasteiger partial charge in [-0.2, -0.15) is 0 Å². The summed E-state index contributed by atoms with van der Waals surface area (Å²) in [5.41, 5.74) is 0.978. The van der Waals surface area contributed by atoms with Gasteiger partial charge in [-0.15, -0.1) is 0 Å². The lowest BCUT2D eigenvalue weighted by Crippen LogP contribution is -2.35. The molecule has 0 radical (unpaired) electrons. The second-order valence-corrected chi connectivity index (χ2v) is 9.08. The van der Waals surface area contributed by atoms with Crippen molar-refractivity contribution in [1.82, 2.24) is 5.32 Å². The highest BCUT2D eigenvalue weighted by Gasteiger charge is 2.35. The molecule has 30 heavy (non-hydrogen) atoms. The zero-order valence-electron chi connectivity index (χ0n) is 17.4. The molecule has 0 unspecified atom stereocenters. The first-order chi connectivity index (χ1) is 14.4. The van der Waals surface area contributed by atoms with Crippen molar-refractivity contribution in [3.8, 4) is 0 Å². The first-order valence-electron chi connectivity index (χ1n) is 10.3. The van der Waals surface area contributed by atoms with E-state index in [0.717, 1.165) is 43.0 Å². The van der Waals surface area contributed by atoms with Gasteiger partial charge < -0.3 is 10.6 Å². The van der Waals surface area contributed by atoms with Crippen LogP contribution in [-0.4, -0.2) is 16.9 Å². The minimum absolute atomic E-state index is 0.00386. The van der Waals surface area contributed by atoms with Gasteiger partial charge in [0.1, 0.15) is 6.04 Å². The van der Waals surface area contributed by atoms with E-state index in [4.69, 9.17) is 0 Å². The Morgan fingerprint density at radius 1 is 0.933 bits per heavy atom. The van der Waals surface area contributed by atoms with Gasteiger partial charge in [0.25, 0.3) is 0 Å². The lowest BCUT2D eigenvalue weighted by atomic mass is 9.75. The second-order valence-electron chi connectivity index (χ2n) is 8.04. The van der Waals surface area contributed by atoms with Crippen LogP contribution in [0.5, 0.6) is 0 Å². The maximum atomic E-state index is 13.1. The number of anilines is 1. The van der Waals surface area contributed by atoms with Gasteiger partial charge in [0.05, 0.1) is 5.69 Å². The highest BCUT2D eigenvalue weighted by Crippen LogP contribution is 2.38. The number of thioether (sulfide) groups is 1. The van der Waals surface area contributed by atoms with Crippen molar-refractivity contribution in [2.24, 2.45) is 5.41 Å². The quantitative estimate of drug-likeness (QED) is 0.633. The van der Waals surface area contributed by atoms with Crippen molar-refractivity contribution in [2.45, 2.75) is 56.9 Å². The zero-order valence-corrected chi connectivity index (χ0v) is 18.3. The molecule has 0 spiro atoms. The van der Waals surface area contributed by atoms with E-state index < -0.39 is 6.04 Å². The predicted octanol–water partition coefficient (Wildman–Crippen LogP) is 5.09. The summed E-state index contributed by atoms with van der Waals surface area (Å²) in [6.45, 7) is 3.41. The number of benzene rings is 2. The third-order valence-corrected chi connectivity index (χ3v) is 6.58. The van der Waals surface area contributed by atoms with Crippen LogP contribution in [0.1, 0.15) is 57.6 Å². The summed E-state index contributed by atoms with van der Waals surface area (Å²) < 4.78 is 0. The second kappa shape index (κ2) is 9.94. The van der Waals surface area contributed by atoms with E-state index in [1.807, 2.05) is 61.5 Å². The van der Waals surface area contributed by atoms with Crippen LogP contribution in [0, 0.1) is 5.41 Å². The largest absolute Gasteiger partial charge is 0.342 e. The topological polar surface area (TPSA) is 75.3 Å². The summed E-state index contributed by atoms with van der Waals surface area (Å²) in [7, 11) is 0. The SMILES string of the molecule is CC(=O)N[C@@H](C(=O)Sc1ccccc1NC(=O)C1(C)CCCCC1)c1ccccc1. The van der Waals surface area contributed by atoms with Crippen molar-refractivity contribution >= 4 is 34.4 Å². The lowest BCUT2D eigenvalue weighted by molar-refractivity contribution is -0.126. The fraction of sp³-hybridized carbons (Fsp3) is 0.375. The van der Waals surface area contributed by atoms with E-state index in [0.29, 0.717) is 10.6 Å². The molecular weight excluding hydrogens is 396 g/mol. The fourth-order valence-corrected chi connectivity index (χ4v) is 4.69. The van der Waals surface area contributed by atoms with E-state index in [1.54, 1.807) is 0 Å². The molecule has 0 bridgehead atoms. The van der Waals surface area contributed by atoms with Gasteiger partial charge in [-0.1, -0.05) is 68.7 Å². The number of hydrogen-bond acceptors (Lipinski definition) is 4. The van der Waals surface area contributed by atoms with Crippen LogP contribution < -0.4 is 10.6 Å². The number of amides is 2. The highest BCUT2D eigenvalue weighted by atomic mass is 32.2. The minimum Gasteiger partial charge on any atom is -0.342 e. The number of hydrogen-bond donors (Lipinski definition) is 2. The smallest absolute Gasteiger partial charge is 0.230 e. The van der Waals surface area contributed by atoms with Gasteiger partial charge in [0, 0.05) is 17.2 Å². The van der Waals surface area contributed by atoms with E-state index in [9.17, 15) is 14.4 Å². The monoisotopic (exact) mass is 424 g/mol. The molecule has 3 rings (SSSR count). The first kappa shape index (κ1) is 22.1. The molecule has 1 saturated carbocycles. The molecule has 2 amide bonds. The molecule has 0 aromatic heterocycles. The van der Waals surface area contributed by atoms with E-state index >= 15 is 0 Å². The average Bonchev–Trinajstić information content (AvgIpc) is 2.74. The number of carbonyl (C=O) groups excluding carboxylic acids is 3. The molecule has 1 aliphatic carbocycles. The third-order valence-electron chi connectivity index (χ3n) is 5.57. The number of carbonyl (C=O) groups is 3. The maximum absolute atomic E-state index is 13.1. The summed E-state index contributed by atoms with van der Waals surface area (Å²) in [6, 6.07) is 15.7. The third kappa shape index (κ3) is 5.51. The summed E-state index contributed by atoms with van der Waals surface area (Å²) in [5, 5.41) is 5.58. The van der Waals surface area contributed by atoms with Crippen LogP contribution in [0.4, 0.5) is 5.69 Å². The van der Waals surface area contributed by atoms with Gasteiger partial charge in [-0.25, -0.2) is 0 Å². The van der Waals surface area contributed by atoms with Crippen LogP contribution in [-0.2, 0) is 14.4 Å². The Balaban J connectivity index is 1.78. The van der Waals surface area contributed by atoms with E-state index in [-0.39, 0.29) is 22.3 Å². The summed E-state index contributed by atoms with van der Waals surface area (Å²) >= 11 is 1.03. The summed E-state index contributed by atoms with van der Waals surface area (Å²) in [4.78, 5) is 38.4. The molecule has 2 aromatic rings. The molecule has 2 N–H and O–H groups in total. The number of para-hydroxylation sites is 1. The first-order valence-corrected chi connectivity index (χ1v) is 11.1. The van der Waals surface area contributed by atoms with Crippen molar-refractivity contribution in [2.75, 3.05) is 5.32 Å². The van der Waals surface area contributed by atoms with Gasteiger partial charge in [-0.05, 0) is 42.3 Å². The van der Waals surface area contributed by atoms with Crippen LogP contribution in [0.25, 0.3) is 0 Å². The van der Waals surface area contributed by atoms with Crippen LogP contribution >= 0.6 is 11.8 Å². The summed E-state index contributed by atoms with van der Waals surface area (Å²) in [5.74, 6) is -0.270. The van der Waals surface area contributed by atoms with Crippen LogP contribution in [0.3, 0.4) is 0 Å². The van der Waals surface area contributed by atoms with Crippen molar-refractivity contribution in [1.29, 1.82) is 0 Å². The molecule has 1 aliphatic rings. The fourth-order valence-electron chi connectivity index (χ4n) is 3.79. The zero-order chi connectivity index (χ0) is 21.6. The molecule has 0 heterocycles. The molecule has 2 aromatic carbocycles. The lowest BCUT2D eigenvalue weighted by Gasteiger charge is -2.32. The number of rotatable bonds is 6. The molecule has 0 aliphatic heterocycles.